The van der Waals surface area contributed by atoms with Gasteiger partial charge in [0, 0.05) is 38.3 Å². The highest BCUT2D eigenvalue weighted by Gasteiger charge is 2.32. The molecule has 0 aliphatic carbocycles. The smallest absolute Gasteiger partial charge is 0.379 e. The average molecular weight is 433 g/mol. The van der Waals surface area contributed by atoms with Gasteiger partial charge in [0.2, 0.25) is 0 Å². The maximum absolute atomic E-state index is 13.3. The highest BCUT2D eigenvalue weighted by atomic mass is 19.4. The van der Waals surface area contributed by atoms with Gasteiger partial charge in [0.15, 0.2) is 0 Å². The van der Waals surface area contributed by atoms with Crippen LogP contribution in [0.2, 0.25) is 0 Å². The van der Waals surface area contributed by atoms with E-state index in [2.05, 4.69) is 10.2 Å². The molecule has 0 unspecified atom stereocenters. The second-order valence-electron chi connectivity index (χ2n) is 7.97. The van der Waals surface area contributed by atoms with Gasteiger partial charge in [0.05, 0.1) is 30.2 Å². The Morgan fingerprint density at radius 3 is 2.45 bits per heavy atom. The molecular weight excluding hydrogens is 407 g/mol. The minimum Gasteiger partial charge on any atom is -0.379 e. The van der Waals surface area contributed by atoms with Gasteiger partial charge in [-0.1, -0.05) is 12.1 Å². The Balaban J connectivity index is 1.55. The molecule has 31 heavy (non-hydrogen) atoms. The number of morpholine rings is 1. The first-order valence-electron chi connectivity index (χ1n) is 10.6. The summed E-state index contributed by atoms with van der Waals surface area (Å²) >= 11 is 0. The summed E-state index contributed by atoms with van der Waals surface area (Å²) in [4.78, 5) is 17.2. The number of nitrogens with one attached hydrogen (secondary N) is 1. The minimum absolute atomic E-state index is 0.195. The number of nitrogens with zero attached hydrogens (tertiary/aromatic N) is 2. The van der Waals surface area contributed by atoms with Gasteiger partial charge in [0.25, 0.3) is 5.91 Å². The van der Waals surface area contributed by atoms with Crippen LogP contribution in [0.3, 0.4) is 0 Å². The fraction of sp³-hybridized carbons (Fsp3) is 0.435. The molecule has 0 spiro atoms. The van der Waals surface area contributed by atoms with E-state index in [1.807, 2.05) is 11.0 Å². The molecule has 0 saturated carbocycles. The molecule has 0 aromatic heterocycles. The number of alkyl halides is 3. The van der Waals surface area contributed by atoms with Crippen LogP contribution >= 0.6 is 0 Å². The highest BCUT2D eigenvalue weighted by molar-refractivity contribution is 6.06. The van der Waals surface area contributed by atoms with Crippen molar-refractivity contribution in [1.82, 2.24) is 4.90 Å². The molecule has 0 radical (unpaired) electrons. The van der Waals surface area contributed by atoms with E-state index < -0.39 is 17.6 Å². The van der Waals surface area contributed by atoms with Crippen molar-refractivity contribution >= 4 is 17.3 Å². The van der Waals surface area contributed by atoms with Crippen LogP contribution in [0.1, 0.15) is 34.3 Å². The predicted molar refractivity (Wildman–Crippen MR) is 113 cm³/mol. The zero-order valence-corrected chi connectivity index (χ0v) is 17.3. The third-order valence-electron chi connectivity index (χ3n) is 5.72. The van der Waals surface area contributed by atoms with Gasteiger partial charge in [0.1, 0.15) is 0 Å². The van der Waals surface area contributed by atoms with Gasteiger partial charge in [-0.25, -0.2) is 0 Å². The van der Waals surface area contributed by atoms with Crippen LogP contribution in [-0.4, -0.2) is 50.2 Å². The van der Waals surface area contributed by atoms with Crippen molar-refractivity contribution in [3.8, 4) is 0 Å². The maximum Gasteiger partial charge on any atom is 0.416 e. The number of carbonyl (C=O) groups is 1. The zero-order valence-electron chi connectivity index (χ0n) is 17.3. The SMILES string of the molecule is O=C(Nc1cc(C(F)(F)F)ccc1N1CCCC1)c1cccc(CN2CCOCC2)c1. The molecule has 2 fully saturated rings. The molecule has 0 atom stereocenters. The summed E-state index contributed by atoms with van der Waals surface area (Å²) in [7, 11) is 0. The fourth-order valence-electron chi connectivity index (χ4n) is 4.07. The van der Waals surface area contributed by atoms with E-state index in [9.17, 15) is 18.0 Å². The number of ether oxygens (including phenoxy) is 1. The molecular formula is C23H26F3N3O2. The van der Waals surface area contributed by atoms with E-state index in [0.29, 0.717) is 31.0 Å². The molecule has 5 nitrogen and oxygen atoms in total. The van der Waals surface area contributed by atoms with Gasteiger partial charge >= 0.3 is 6.18 Å². The number of amides is 1. The van der Waals surface area contributed by atoms with Crippen LogP contribution in [0.25, 0.3) is 0 Å². The van der Waals surface area contributed by atoms with Crippen LogP contribution in [0.4, 0.5) is 24.5 Å². The van der Waals surface area contributed by atoms with E-state index in [1.54, 1.807) is 18.2 Å². The molecule has 1 N–H and O–H groups in total. The largest absolute Gasteiger partial charge is 0.416 e. The van der Waals surface area contributed by atoms with Crippen LogP contribution in [0.15, 0.2) is 42.5 Å². The van der Waals surface area contributed by atoms with Crippen molar-refractivity contribution in [1.29, 1.82) is 0 Å². The van der Waals surface area contributed by atoms with Gasteiger partial charge in [-0.2, -0.15) is 13.2 Å². The zero-order chi connectivity index (χ0) is 21.8. The second-order valence-corrected chi connectivity index (χ2v) is 7.97. The van der Waals surface area contributed by atoms with Crippen LogP contribution in [-0.2, 0) is 17.5 Å². The normalized spacial score (nSPS) is 17.7. The Bertz CT molecular complexity index is 921. The molecule has 4 rings (SSSR count). The summed E-state index contributed by atoms with van der Waals surface area (Å²) in [6, 6.07) is 10.8. The summed E-state index contributed by atoms with van der Waals surface area (Å²) in [5, 5.41) is 2.73. The Morgan fingerprint density at radius 2 is 1.74 bits per heavy atom. The summed E-state index contributed by atoms with van der Waals surface area (Å²) in [5.74, 6) is -0.413. The molecule has 2 aromatic rings. The first-order valence-corrected chi connectivity index (χ1v) is 10.6. The lowest BCUT2D eigenvalue weighted by molar-refractivity contribution is -0.137. The summed E-state index contributed by atoms with van der Waals surface area (Å²) in [6.07, 6.45) is -2.50. The van der Waals surface area contributed by atoms with Crippen molar-refractivity contribution in [2.24, 2.45) is 0 Å². The molecule has 8 heteroatoms. The molecule has 166 valence electrons. The van der Waals surface area contributed by atoms with E-state index in [-0.39, 0.29) is 5.69 Å². The van der Waals surface area contributed by atoms with Crippen molar-refractivity contribution < 1.29 is 22.7 Å². The van der Waals surface area contributed by atoms with Crippen LogP contribution in [0, 0.1) is 0 Å². The third kappa shape index (κ3) is 5.37. The van der Waals surface area contributed by atoms with Crippen molar-refractivity contribution in [2.75, 3.05) is 49.6 Å². The van der Waals surface area contributed by atoms with Crippen molar-refractivity contribution in [2.45, 2.75) is 25.6 Å². The summed E-state index contributed by atoms with van der Waals surface area (Å²) in [5.41, 5.74) is 1.46. The number of halogens is 3. The number of carbonyl (C=O) groups excluding carboxylic acids is 1. The monoisotopic (exact) mass is 433 g/mol. The van der Waals surface area contributed by atoms with Gasteiger partial charge in [-0.15, -0.1) is 0 Å². The standard InChI is InChI=1S/C23H26F3N3O2/c24-23(25,26)19-6-7-21(29-8-1-2-9-29)20(15-19)27-22(30)18-5-3-4-17(14-18)16-28-10-12-31-13-11-28/h3-7,14-15H,1-2,8-13,16H2,(H,27,30). The lowest BCUT2D eigenvalue weighted by Crippen LogP contribution is -2.35. The molecule has 2 aromatic carbocycles. The maximum atomic E-state index is 13.3. The average Bonchev–Trinajstić information content (AvgIpc) is 3.29. The van der Waals surface area contributed by atoms with E-state index in [4.69, 9.17) is 4.74 Å². The molecule has 2 heterocycles. The lowest BCUT2D eigenvalue weighted by atomic mass is 10.1. The van der Waals surface area contributed by atoms with Crippen molar-refractivity contribution in [3.63, 3.8) is 0 Å². The van der Waals surface area contributed by atoms with Crippen molar-refractivity contribution in [3.05, 3.63) is 59.2 Å². The van der Waals surface area contributed by atoms with Gasteiger partial charge < -0.3 is 15.0 Å². The van der Waals surface area contributed by atoms with Gasteiger partial charge in [-0.05, 0) is 48.7 Å². The number of rotatable bonds is 5. The van der Waals surface area contributed by atoms with E-state index in [0.717, 1.165) is 56.7 Å². The second kappa shape index (κ2) is 9.28. The minimum atomic E-state index is -4.47. The molecule has 2 aliphatic rings. The van der Waals surface area contributed by atoms with E-state index >= 15 is 0 Å². The topological polar surface area (TPSA) is 44.8 Å². The summed E-state index contributed by atoms with van der Waals surface area (Å²) < 4.78 is 45.2. The Kier molecular flexibility index (Phi) is 6.48. The molecule has 1 amide bonds. The Labute approximate surface area is 179 Å². The van der Waals surface area contributed by atoms with Crippen LogP contribution < -0.4 is 10.2 Å². The number of anilines is 2. The Morgan fingerprint density at radius 1 is 1.00 bits per heavy atom. The Hall–Kier alpha value is -2.58. The lowest BCUT2D eigenvalue weighted by Gasteiger charge is -2.26. The summed E-state index contributed by atoms with van der Waals surface area (Å²) in [6.45, 7) is 5.28. The fourth-order valence-corrected chi connectivity index (χ4v) is 4.07. The third-order valence-corrected chi connectivity index (χ3v) is 5.72. The first kappa shape index (κ1) is 21.6. The quantitative estimate of drug-likeness (QED) is 0.760. The van der Waals surface area contributed by atoms with E-state index in [1.165, 1.54) is 6.07 Å². The van der Waals surface area contributed by atoms with Crippen LogP contribution in [0.5, 0.6) is 0 Å². The molecule has 2 aliphatic heterocycles. The molecule has 0 bridgehead atoms. The number of benzene rings is 2. The number of hydrogen-bond acceptors (Lipinski definition) is 4. The first-order chi connectivity index (χ1) is 14.9. The highest BCUT2D eigenvalue weighted by Crippen LogP contribution is 2.36. The number of hydrogen-bond donors (Lipinski definition) is 1. The predicted octanol–water partition coefficient (Wildman–Crippen LogP) is 4.39. The molecule has 2 saturated heterocycles. The van der Waals surface area contributed by atoms with Gasteiger partial charge in [-0.3, -0.25) is 9.69 Å².